The maximum atomic E-state index is 12.4. The minimum atomic E-state index is -0.243. The number of methoxy groups -OCH3 is 1. The second-order valence-corrected chi connectivity index (χ2v) is 7.00. The van der Waals surface area contributed by atoms with Crippen LogP contribution >= 0.6 is 11.3 Å². The number of fused-ring (bicyclic) bond motifs is 1. The number of carbonyl (C=O) groups is 2. The Labute approximate surface area is 165 Å². The van der Waals surface area contributed by atoms with Crippen molar-refractivity contribution in [2.75, 3.05) is 31.0 Å². The zero-order valence-electron chi connectivity index (χ0n) is 15.3. The minimum Gasteiger partial charge on any atom is -0.497 e. The van der Waals surface area contributed by atoms with Crippen molar-refractivity contribution in [2.24, 2.45) is 0 Å². The van der Waals surface area contributed by atoms with Crippen LogP contribution in [0.5, 0.6) is 11.5 Å². The summed E-state index contributed by atoms with van der Waals surface area (Å²) in [5.74, 6) is 1.00. The number of thiazole rings is 1. The Hall–Kier alpha value is -3.39. The second-order valence-electron chi connectivity index (χ2n) is 6.14. The number of hydrogen-bond donors (Lipinski definition) is 1. The van der Waals surface area contributed by atoms with E-state index in [4.69, 9.17) is 9.47 Å². The number of hydrogen-bond acceptors (Lipinski definition) is 6. The molecule has 0 aliphatic carbocycles. The highest BCUT2D eigenvalue weighted by Crippen LogP contribution is 2.36. The summed E-state index contributed by atoms with van der Waals surface area (Å²) in [5, 5.41) is 5.16. The van der Waals surface area contributed by atoms with Gasteiger partial charge in [0.15, 0.2) is 11.7 Å². The molecule has 1 aromatic heterocycles. The summed E-state index contributed by atoms with van der Waals surface area (Å²) in [6, 6.07) is 12.4. The molecule has 142 valence electrons. The molecule has 0 radical (unpaired) electrons. The van der Waals surface area contributed by atoms with Crippen LogP contribution in [0.1, 0.15) is 10.4 Å². The van der Waals surface area contributed by atoms with Gasteiger partial charge >= 0.3 is 0 Å². The van der Waals surface area contributed by atoms with Crippen molar-refractivity contribution in [2.45, 2.75) is 0 Å². The van der Waals surface area contributed by atoms with Crippen LogP contribution in [0, 0.1) is 0 Å². The van der Waals surface area contributed by atoms with E-state index in [1.807, 2.05) is 23.6 Å². The number of ether oxygens (including phenoxy) is 2. The smallest absolute Gasteiger partial charge is 0.264 e. The van der Waals surface area contributed by atoms with E-state index in [9.17, 15) is 9.59 Å². The molecule has 28 heavy (non-hydrogen) atoms. The SMILES string of the molecule is COc1ccc(C(=O)Nc2nc(-c3ccc4c(c3)N(C)C(=O)CO4)cs2)cc1. The van der Waals surface area contributed by atoms with Crippen LogP contribution < -0.4 is 19.7 Å². The molecule has 0 fully saturated rings. The highest BCUT2D eigenvalue weighted by Gasteiger charge is 2.23. The molecule has 2 amide bonds. The lowest BCUT2D eigenvalue weighted by Crippen LogP contribution is -2.35. The molecule has 3 aromatic rings. The van der Waals surface area contributed by atoms with E-state index in [-0.39, 0.29) is 18.4 Å². The quantitative estimate of drug-likeness (QED) is 0.732. The van der Waals surface area contributed by atoms with Gasteiger partial charge in [0.05, 0.1) is 18.5 Å². The van der Waals surface area contributed by atoms with Crippen LogP contribution in [0.2, 0.25) is 0 Å². The number of benzene rings is 2. The van der Waals surface area contributed by atoms with Crippen molar-refractivity contribution < 1.29 is 19.1 Å². The van der Waals surface area contributed by atoms with Crippen LogP contribution in [-0.2, 0) is 4.79 Å². The third-order valence-corrected chi connectivity index (χ3v) is 5.18. The summed E-state index contributed by atoms with van der Waals surface area (Å²) in [6.07, 6.45) is 0. The highest BCUT2D eigenvalue weighted by atomic mass is 32.1. The number of likely N-dealkylation sites (N-methyl/N-ethyl adjacent to an activating group) is 1. The third-order valence-electron chi connectivity index (χ3n) is 4.42. The molecular weight excluding hydrogens is 378 g/mol. The Morgan fingerprint density at radius 2 is 2.04 bits per heavy atom. The largest absolute Gasteiger partial charge is 0.497 e. The highest BCUT2D eigenvalue weighted by molar-refractivity contribution is 7.14. The lowest BCUT2D eigenvalue weighted by molar-refractivity contribution is -0.120. The monoisotopic (exact) mass is 395 g/mol. The van der Waals surface area contributed by atoms with Gasteiger partial charge in [-0.1, -0.05) is 0 Å². The average molecular weight is 395 g/mol. The maximum absolute atomic E-state index is 12.4. The first-order valence-electron chi connectivity index (χ1n) is 8.50. The Balaban J connectivity index is 1.53. The average Bonchev–Trinajstić information content (AvgIpc) is 3.19. The summed E-state index contributed by atoms with van der Waals surface area (Å²) in [6.45, 7) is 0.0427. The van der Waals surface area contributed by atoms with Crippen LogP contribution in [0.3, 0.4) is 0 Å². The Kier molecular flexibility index (Phi) is 4.70. The van der Waals surface area contributed by atoms with Gasteiger partial charge < -0.3 is 14.4 Å². The summed E-state index contributed by atoms with van der Waals surface area (Å²) in [4.78, 5) is 30.3. The number of amides is 2. The van der Waals surface area contributed by atoms with E-state index in [0.717, 1.165) is 5.56 Å². The molecule has 7 nitrogen and oxygen atoms in total. The summed E-state index contributed by atoms with van der Waals surface area (Å²) < 4.78 is 10.5. The molecule has 0 bridgehead atoms. The van der Waals surface area contributed by atoms with Crippen LogP contribution in [0.25, 0.3) is 11.3 Å². The molecule has 0 saturated heterocycles. The van der Waals surface area contributed by atoms with Gasteiger partial charge in [-0.25, -0.2) is 4.98 Å². The Morgan fingerprint density at radius 1 is 1.25 bits per heavy atom. The first-order valence-corrected chi connectivity index (χ1v) is 9.38. The van der Waals surface area contributed by atoms with E-state index in [1.165, 1.54) is 11.3 Å². The molecule has 0 spiro atoms. The van der Waals surface area contributed by atoms with Gasteiger partial charge in [0, 0.05) is 23.6 Å². The normalized spacial score (nSPS) is 12.9. The molecular formula is C20H17N3O4S. The standard InChI is InChI=1S/C20H17N3O4S/c1-23-16-9-13(5-8-17(16)27-10-18(23)24)15-11-28-20(21-15)22-19(25)12-3-6-14(26-2)7-4-12/h3-9,11H,10H2,1-2H3,(H,21,22,25). The zero-order valence-corrected chi connectivity index (χ0v) is 16.1. The number of aromatic nitrogens is 1. The second kappa shape index (κ2) is 7.32. The number of nitrogens with zero attached hydrogens (tertiary/aromatic N) is 2. The molecule has 1 N–H and O–H groups in total. The Bertz CT molecular complexity index is 1050. The van der Waals surface area contributed by atoms with Gasteiger partial charge in [-0.15, -0.1) is 11.3 Å². The van der Waals surface area contributed by atoms with Crippen LogP contribution in [0.15, 0.2) is 47.8 Å². The molecule has 0 atom stereocenters. The van der Waals surface area contributed by atoms with E-state index in [0.29, 0.717) is 33.6 Å². The lowest BCUT2D eigenvalue weighted by atomic mass is 10.1. The van der Waals surface area contributed by atoms with Crippen molar-refractivity contribution in [3.05, 3.63) is 53.4 Å². The molecule has 2 aromatic carbocycles. The fraction of sp³-hybridized carbons (Fsp3) is 0.150. The van der Waals surface area contributed by atoms with E-state index < -0.39 is 0 Å². The number of carbonyl (C=O) groups excluding carboxylic acids is 2. The lowest BCUT2D eigenvalue weighted by Gasteiger charge is -2.26. The van der Waals surface area contributed by atoms with Crippen LogP contribution in [-0.4, -0.2) is 37.6 Å². The summed E-state index contributed by atoms with van der Waals surface area (Å²) in [7, 11) is 3.29. The predicted octanol–water partition coefficient (Wildman–Crippen LogP) is 3.43. The topological polar surface area (TPSA) is 80.8 Å². The van der Waals surface area contributed by atoms with E-state index in [2.05, 4.69) is 10.3 Å². The van der Waals surface area contributed by atoms with Gasteiger partial charge in [-0.3, -0.25) is 14.9 Å². The number of anilines is 2. The van der Waals surface area contributed by atoms with Gasteiger partial charge in [0.25, 0.3) is 11.8 Å². The van der Waals surface area contributed by atoms with Gasteiger partial charge in [0.1, 0.15) is 11.5 Å². The predicted molar refractivity (Wildman–Crippen MR) is 107 cm³/mol. The third kappa shape index (κ3) is 3.41. The maximum Gasteiger partial charge on any atom is 0.264 e. The summed E-state index contributed by atoms with van der Waals surface area (Å²) >= 11 is 1.33. The fourth-order valence-corrected chi connectivity index (χ4v) is 3.52. The van der Waals surface area contributed by atoms with Crippen molar-refractivity contribution >= 4 is 34.0 Å². The molecule has 0 saturated carbocycles. The fourth-order valence-electron chi connectivity index (χ4n) is 2.81. The van der Waals surface area contributed by atoms with Gasteiger partial charge in [-0.2, -0.15) is 0 Å². The van der Waals surface area contributed by atoms with Crippen molar-refractivity contribution in [1.82, 2.24) is 4.98 Å². The zero-order chi connectivity index (χ0) is 19.7. The molecule has 1 aliphatic rings. The van der Waals surface area contributed by atoms with E-state index in [1.54, 1.807) is 43.3 Å². The first kappa shape index (κ1) is 18.0. The molecule has 0 unspecified atom stereocenters. The van der Waals surface area contributed by atoms with Crippen LogP contribution in [0.4, 0.5) is 10.8 Å². The summed E-state index contributed by atoms with van der Waals surface area (Å²) in [5.41, 5.74) is 2.77. The van der Waals surface area contributed by atoms with Crippen molar-refractivity contribution in [3.8, 4) is 22.8 Å². The minimum absolute atomic E-state index is 0.0427. The van der Waals surface area contributed by atoms with Crippen molar-refractivity contribution in [1.29, 1.82) is 0 Å². The first-order chi connectivity index (χ1) is 13.5. The molecule has 4 rings (SSSR count). The Morgan fingerprint density at radius 3 is 2.79 bits per heavy atom. The molecule has 8 heteroatoms. The number of nitrogens with one attached hydrogen (secondary N) is 1. The van der Waals surface area contributed by atoms with E-state index >= 15 is 0 Å². The molecule has 1 aliphatic heterocycles. The number of rotatable bonds is 4. The van der Waals surface area contributed by atoms with Gasteiger partial charge in [0.2, 0.25) is 0 Å². The molecule has 2 heterocycles. The van der Waals surface area contributed by atoms with Crippen molar-refractivity contribution in [3.63, 3.8) is 0 Å². The van der Waals surface area contributed by atoms with Gasteiger partial charge in [-0.05, 0) is 42.5 Å².